The molecule has 4 nitrogen and oxygen atoms in total. The maximum Gasteiger partial charge on any atom is 0.221 e. The number of hydrogen-bond donors (Lipinski definition) is 1. The van der Waals surface area contributed by atoms with Crippen molar-refractivity contribution in [2.45, 2.75) is 13.8 Å². The lowest BCUT2D eigenvalue weighted by Crippen LogP contribution is -2.09. The largest absolute Gasteiger partial charge is 0.496 e. The molecular weight excluding hydrogens is 194 g/mol. The van der Waals surface area contributed by atoms with Crippen LogP contribution in [0.4, 0.5) is 5.69 Å². The first-order valence-corrected chi connectivity index (χ1v) is 4.50. The minimum atomic E-state index is -0.219. The number of nitrogens with one attached hydrogen (secondary N) is 1. The Kier molecular flexibility index (Phi) is 3.44. The molecule has 0 fully saturated rings. The molecule has 0 unspecified atom stereocenters. The van der Waals surface area contributed by atoms with E-state index < -0.39 is 0 Å². The maximum atomic E-state index is 10.9. The van der Waals surface area contributed by atoms with E-state index >= 15 is 0 Å². The number of carbonyl (C=O) groups excluding carboxylic acids is 2. The quantitative estimate of drug-likeness (QED) is 0.768. The Balaban J connectivity index is 3.28. The summed E-state index contributed by atoms with van der Waals surface area (Å²) in [5.74, 6) is 0.278. The van der Waals surface area contributed by atoms with Gasteiger partial charge in [0.25, 0.3) is 0 Å². The van der Waals surface area contributed by atoms with E-state index in [1.54, 1.807) is 12.1 Å². The van der Waals surface area contributed by atoms with Gasteiger partial charge in [-0.2, -0.15) is 0 Å². The molecule has 0 heterocycles. The van der Waals surface area contributed by atoms with Gasteiger partial charge < -0.3 is 10.1 Å². The molecule has 1 rings (SSSR count). The zero-order valence-corrected chi connectivity index (χ0v) is 8.96. The van der Waals surface area contributed by atoms with Crippen molar-refractivity contribution in [2.75, 3.05) is 12.4 Å². The van der Waals surface area contributed by atoms with E-state index in [0.717, 1.165) is 5.56 Å². The summed E-state index contributed by atoms with van der Waals surface area (Å²) in [6, 6.07) is 3.47. The summed E-state index contributed by atoms with van der Waals surface area (Å²) in [4.78, 5) is 21.8. The predicted octanol–water partition coefficient (Wildman–Crippen LogP) is 1.77. The molecule has 0 aliphatic carbocycles. The van der Waals surface area contributed by atoms with Gasteiger partial charge in [-0.3, -0.25) is 9.59 Å². The summed E-state index contributed by atoms with van der Waals surface area (Å²) in [6.07, 6.45) is 0.678. The first-order valence-electron chi connectivity index (χ1n) is 4.50. The fourth-order valence-electron chi connectivity index (χ4n) is 1.40. The molecule has 1 aromatic rings. The summed E-state index contributed by atoms with van der Waals surface area (Å²) in [5, 5.41) is 2.58. The highest BCUT2D eigenvalue weighted by molar-refractivity contribution is 5.97. The molecule has 0 saturated heterocycles. The van der Waals surface area contributed by atoms with Crippen LogP contribution in [0.2, 0.25) is 0 Å². The summed E-state index contributed by atoms with van der Waals surface area (Å²) < 4.78 is 5.11. The number of benzene rings is 1. The van der Waals surface area contributed by atoms with E-state index in [1.807, 2.05) is 6.92 Å². The SMILES string of the molecule is COc1c(C)ccc(NC(C)=O)c1C=O. The number of aldehydes is 1. The van der Waals surface area contributed by atoms with E-state index in [0.29, 0.717) is 23.3 Å². The van der Waals surface area contributed by atoms with Gasteiger partial charge in [-0.25, -0.2) is 0 Å². The lowest BCUT2D eigenvalue weighted by atomic mass is 10.1. The molecule has 0 aliphatic rings. The lowest BCUT2D eigenvalue weighted by Gasteiger charge is -2.12. The monoisotopic (exact) mass is 207 g/mol. The fourth-order valence-corrected chi connectivity index (χ4v) is 1.40. The van der Waals surface area contributed by atoms with Crippen molar-refractivity contribution in [3.63, 3.8) is 0 Å². The molecule has 4 heteroatoms. The average molecular weight is 207 g/mol. The molecular formula is C11H13NO3. The third-order valence-electron chi connectivity index (χ3n) is 2.03. The van der Waals surface area contributed by atoms with Crippen molar-refractivity contribution >= 4 is 17.9 Å². The average Bonchev–Trinajstić information content (AvgIpc) is 2.19. The Bertz CT molecular complexity index is 399. The van der Waals surface area contributed by atoms with Gasteiger partial charge in [0.15, 0.2) is 6.29 Å². The van der Waals surface area contributed by atoms with Crippen molar-refractivity contribution in [3.05, 3.63) is 23.3 Å². The predicted molar refractivity (Wildman–Crippen MR) is 57.4 cm³/mol. The van der Waals surface area contributed by atoms with Crippen molar-refractivity contribution in [3.8, 4) is 5.75 Å². The number of amides is 1. The molecule has 1 aromatic carbocycles. The first-order chi connectivity index (χ1) is 7.10. The maximum absolute atomic E-state index is 10.9. The molecule has 0 aliphatic heterocycles. The van der Waals surface area contributed by atoms with Crippen molar-refractivity contribution in [2.24, 2.45) is 0 Å². The second-order valence-corrected chi connectivity index (χ2v) is 3.18. The molecule has 0 spiro atoms. The van der Waals surface area contributed by atoms with Gasteiger partial charge in [0.2, 0.25) is 5.91 Å². The van der Waals surface area contributed by atoms with Crippen LogP contribution >= 0.6 is 0 Å². The molecule has 0 saturated carbocycles. The summed E-state index contributed by atoms with van der Waals surface area (Å²) >= 11 is 0. The zero-order chi connectivity index (χ0) is 11.4. The zero-order valence-electron chi connectivity index (χ0n) is 8.96. The lowest BCUT2D eigenvalue weighted by molar-refractivity contribution is -0.114. The minimum absolute atomic E-state index is 0.219. The van der Waals surface area contributed by atoms with E-state index in [-0.39, 0.29) is 5.91 Å². The Morgan fingerprint density at radius 2 is 2.13 bits per heavy atom. The number of anilines is 1. The number of rotatable bonds is 3. The van der Waals surface area contributed by atoms with E-state index in [2.05, 4.69) is 5.32 Å². The Hall–Kier alpha value is -1.84. The molecule has 80 valence electrons. The van der Waals surface area contributed by atoms with Crippen LogP contribution in [0.15, 0.2) is 12.1 Å². The Morgan fingerprint density at radius 1 is 1.47 bits per heavy atom. The topological polar surface area (TPSA) is 55.4 Å². The minimum Gasteiger partial charge on any atom is -0.496 e. The molecule has 0 bridgehead atoms. The third-order valence-corrected chi connectivity index (χ3v) is 2.03. The van der Waals surface area contributed by atoms with Crippen molar-refractivity contribution in [1.82, 2.24) is 0 Å². The fraction of sp³-hybridized carbons (Fsp3) is 0.273. The number of methoxy groups -OCH3 is 1. The van der Waals surface area contributed by atoms with Crippen LogP contribution < -0.4 is 10.1 Å². The Labute approximate surface area is 88.2 Å². The summed E-state index contributed by atoms with van der Waals surface area (Å²) in [6.45, 7) is 3.23. The highest BCUT2D eigenvalue weighted by Gasteiger charge is 2.11. The second-order valence-electron chi connectivity index (χ2n) is 3.18. The van der Waals surface area contributed by atoms with Crippen LogP contribution in [0.3, 0.4) is 0 Å². The van der Waals surface area contributed by atoms with Crippen LogP contribution in [-0.4, -0.2) is 19.3 Å². The Morgan fingerprint density at radius 3 is 2.60 bits per heavy atom. The molecule has 0 aromatic heterocycles. The summed E-state index contributed by atoms with van der Waals surface area (Å²) in [7, 11) is 1.49. The number of aryl methyl sites for hydroxylation is 1. The first kappa shape index (κ1) is 11.2. The third kappa shape index (κ3) is 2.34. The van der Waals surface area contributed by atoms with Gasteiger partial charge in [0.1, 0.15) is 5.75 Å². The normalized spacial score (nSPS) is 9.53. The molecule has 1 amide bonds. The highest BCUT2D eigenvalue weighted by atomic mass is 16.5. The van der Waals surface area contributed by atoms with Crippen LogP contribution in [0.5, 0.6) is 5.75 Å². The standard InChI is InChI=1S/C11H13NO3/c1-7-4-5-10(12-8(2)14)9(6-13)11(7)15-3/h4-6H,1-3H3,(H,12,14). The van der Waals surface area contributed by atoms with Crippen LogP contribution in [0.25, 0.3) is 0 Å². The van der Waals surface area contributed by atoms with E-state index in [9.17, 15) is 9.59 Å². The van der Waals surface area contributed by atoms with Crippen LogP contribution in [0.1, 0.15) is 22.8 Å². The molecule has 1 N–H and O–H groups in total. The van der Waals surface area contributed by atoms with E-state index in [1.165, 1.54) is 14.0 Å². The van der Waals surface area contributed by atoms with E-state index in [4.69, 9.17) is 4.74 Å². The van der Waals surface area contributed by atoms with Crippen LogP contribution in [0, 0.1) is 6.92 Å². The van der Waals surface area contributed by atoms with Gasteiger partial charge in [-0.15, -0.1) is 0 Å². The van der Waals surface area contributed by atoms with Gasteiger partial charge in [-0.05, 0) is 18.6 Å². The number of ether oxygens (including phenoxy) is 1. The second kappa shape index (κ2) is 4.59. The van der Waals surface area contributed by atoms with Crippen LogP contribution in [-0.2, 0) is 4.79 Å². The smallest absolute Gasteiger partial charge is 0.221 e. The molecule has 15 heavy (non-hydrogen) atoms. The number of hydrogen-bond acceptors (Lipinski definition) is 3. The highest BCUT2D eigenvalue weighted by Crippen LogP contribution is 2.28. The molecule has 0 atom stereocenters. The van der Waals surface area contributed by atoms with Gasteiger partial charge in [0.05, 0.1) is 18.4 Å². The number of carbonyl (C=O) groups is 2. The van der Waals surface area contributed by atoms with Gasteiger partial charge in [0, 0.05) is 6.92 Å². The molecule has 0 radical (unpaired) electrons. The summed E-state index contributed by atoms with van der Waals surface area (Å²) in [5.41, 5.74) is 1.70. The van der Waals surface area contributed by atoms with Gasteiger partial charge >= 0.3 is 0 Å². The van der Waals surface area contributed by atoms with Crippen molar-refractivity contribution in [1.29, 1.82) is 0 Å². The van der Waals surface area contributed by atoms with Crippen molar-refractivity contribution < 1.29 is 14.3 Å². The van der Waals surface area contributed by atoms with Gasteiger partial charge in [-0.1, -0.05) is 6.07 Å².